The van der Waals surface area contributed by atoms with Gasteiger partial charge in [0, 0.05) is 5.56 Å². The summed E-state index contributed by atoms with van der Waals surface area (Å²) in [6.45, 7) is 7.00. The Hall–Kier alpha value is -1.54. The largest absolute Gasteiger partial charge is 0.573 e. The van der Waals surface area contributed by atoms with Crippen molar-refractivity contribution < 1.29 is 31.6 Å². The summed E-state index contributed by atoms with van der Waals surface area (Å²) < 4.78 is 66.4. The molecule has 23 heavy (non-hydrogen) atoms. The van der Waals surface area contributed by atoms with Crippen LogP contribution < -0.4 is 4.74 Å². The number of halogens is 4. The third kappa shape index (κ3) is 4.06. The number of benzene rings is 1. The Labute approximate surface area is 132 Å². The molecular formula is C15H17BF4O3. The highest BCUT2D eigenvalue weighted by Gasteiger charge is 2.53. The van der Waals surface area contributed by atoms with Gasteiger partial charge in [0.15, 0.2) is 0 Å². The summed E-state index contributed by atoms with van der Waals surface area (Å²) in [5, 5.41) is 0. The van der Waals surface area contributed by atoms with Crippen LogP contribution in [0, 0.1) is 0 Å². The van der Waals surface area contributed by atoms with E-state index in [9.17, 15) is 17.6 Å². The van der Waals surface area contributed by atoms with Crippen molar-refractivity contribution in [2.75, 3.05) is 0 Å². The van der Waals surface area contributed by atoms with Crippen LogP contribution >= 0.6 is 0 Å². The van der Waals surface area contributed by atoms with Gasteiger partial charge >= 0.3 is 13.5 Å². The molecule has 1 aromatic carbocycles. The second-order valence-corrected chi connectivity index (χ2v) is 6.20. The predicted molar refractivity (Wildman–Crippen MR) is 78.3 cm³/mol. The lowest BCUT2D eigenvalue weighted by Gasteiger charge is -2.32. The molecule has 1 saturated heterocycles. The fourth-order valence-corrected chi connectivity index (χ4v) is 1.99. The van der Waals surface area contributed by atoms with E-state index in [-0.39, 0.29) is 5.56 Å². The van der Waals surface area contributed by atoms with Crippen LogP contribution in [-0.2, 0) is 9.31 Å². The van der Waals surface area contributed by atoms with E-state index in [4.69, 9.17) is 9.31 Å². The summed E-state index contributed by atoms with van der Waals surface area (Å²) in [6, 6.07) is 5.26. The summed E-state index contributed by atoms with van der Waals surface area (Å²) >= 11 is 0. The third-order valence-electron chi connectivity index (χ3n) is 3.92. The fourth-order valence-electron chi connectivity index (χ4n) is 1.99. The first-order chi connectivity index (χ1) is 10.4. The lowest BCUT2D eigenvalue weighted by atomic mass is 9.86. The highest BCUT2D eigenvalue weighted by molar-refractivity contribution is 6.54. The molecule has 1 fully saturated rings. The van der Waals surface area contributed by atoms with E-state index in [1.54, 1.807) is 27.7 Å². The molecule has 0 radical (unpaired) electrons. The van der Waals surface area contributed by atoms with Gasteiger partial charge in [-0.3, -0.25) is 0 Å². The van der Waals surface area contributed by atoms with Crippen molar-refractivity contribution in [1.29, 1.82) is 0 Å². The Kier molecular flexibility index (Phi) is 4.52. The van der Waals surface area contributed by atoms with Crippen LogP contribution in [-0.4, -0.2) is 24.7 Å². The number of para-hydroxylation sites is 1. The zero-order valence-electron chi connectivity index (χ0n) is 13.2. The first-order valence-corrected chi connectivity index (χ1v) is 6.99. The van der Waals surface area contributed by atoms with Gasteiger partial charge < -0.3 is 14.0 Å². The van der Waals surface area contributed by atoms with Crippen molar-refractivity contribution in [3.63, 3.8) is 0 Å². The summed E-state index contributed by atoms with van der Waals surface area (Å²) in [5.41, 5.74) is -2.38. The molecule has 126 valence electrons. The molecule has 1 aliphatic heterocycles. The molecular weight excluding hydrogens is 315 g/mol. The zero-order valence-corrected chi connectivity index (χ0v) is 13.2. The van der Waals surface area contributed by atoms with Crippen LogP contribution in [0.5, 0.6) is 5.75 Å². The minimum atomic E-state index is -4.86. The van der Waals surface area contributed by atoms with Gasteiger partial charge in [0.2, 0.25) is 0 Å². The number of hydrogen-bond donors (Lipinski definition) is 0. The normalized spacial score (nSPS) is 20.7. The van der Waals surface area contributed by atoms with E-state index in [0.29, 0.717) is 0 Å². The van der Waals surface area contributed by atoms with Crippen molar-refractivity contribution in [2.24, 2.45) is 0 Å². The summed E-state index contributed by atoms with van der Waals surface area (Å²) in [5.74, 6) is -0.494. The molecule has 1 heterocycles. The van der Waals surface area contributed by atoms with Gasteiger partial charge in [0.1, 0.15) is 11.5 Å². The van der Waals surface area contributed by atoms with Crippen LogP contribution in [0.3, 0.4) is 0 Å². The summed E-state index contributed by atoms with van der Waals surface area (Å²) in [7, 11) is -1.28. The molecule has 0 bridgehead atoms. The van der Waals surface area contributed by atoms with Crippen LogP contribution in [0.4, 0.5) is 17.6 Å². The van der Waals surface area contributed by atoms with Gasteiger partial charge in [0.25, 0.3) is 0 Å². The number of hydrogen-bond acceptors (Lipinski definition) is 3. The van der Waals surface area contributed by atoms with E-state index in [1.165, 1.54) is 18.2 Å². The van der Waals surface area contributed by atoms with E-state index in [2.05, 4.69) is 4.74 Å². The van der Waals surface area contributed by atoms with E-state index < -0.39 is 36.2 Å². The molecule has 0 amide bonds. The monoisotopic (exact) mass is 332 g/mol. The highest BCUT2D eigenvalue weighted by Crippen LogP contribution is 2.39. The second-order valence-electron chi connectivity index (χ2n) is 6.20. The highest BCUT2D eigenvalue weighted by atomic mass is 19.4. The van der Waals surface area contributed by atoms with Crippen molar-refractivity contribution in [3.05, 3.63) is 35.6 Å². The molecule has 3 nitrogen and oxygen atoms in total. The van der Waals surface area contributed by atoms with Crippen molar-refractivity contribution in [3.8, 4) is 5.75 Å². The Morgan fingerprint density at radius 1 is 1.09 bits per heavy atom. The average Bonchev–Trinajstić information content (AvgIpc) is 2.59. The standard InChI is InChI=1S/C15H17BF4O3/c1-13(2)14(3,4)23-16(22-13)12(17)9-10-7-5-6-8-11(10)21-15(18,19)20/h5-9H,1-4H3. The van der Waals surface area contributed by atoms with Gasteiger partial charge in [-0.05, 0) is 39.8 Å². The molecule has 0 aliphatic carbocycles. The quantitative estimate of drug-likeness (QED) is 0.601. The molecule has 0 spiro atoms. The molecule has 8 heteroatoms. The zero-order chi connectivity index (χ0) is 17.5. The Morgan fingerprint density at radius 2 is 1.61 bits per heavy atom. The van der Waals surface area contributed by atoms with E-state index in [0.717, 1.165) is 12.1 Å². The molecule has 0 saturated carbocycles. The first-order valence-electron chi connectivity index (χ1n) is 6.99. The van der Waals surface area contributed by atoms with E-state index >= 15 is 0 Å². The molecule has 1 aliphatic rings. The SMILES string of the molecule is CC1(C)OB(C(F)=Cc2ccccc2OC(F)(F)F)OC1(C)C. The Balaban J connectivity index is 2.26. The Bertz CT molecular complexity index is 595. The molecule has 0 N–H and O–H groups in total. The van der Waals surface area contributed by atoms with Crippen LogP contribution in [0.1, 0.15) is 33.3 Å². The van der Waals surface area contributed by atoms with Crippen molar-refractivity contribution >= 4 is 13.2 Å². The van der Waals surface area contributed by atoms with Gasteiger partial charge in [-0.2, -0.15) is 0 Å². The maximum Gasteiger partial charge on any atom is 0.573 e. The third-order valence-corrected chi connectivity index (χ3v) is 3.92. The van der Waals surface area contributed by atoms with E-state index in [1.807, 2.05) is 0 Å². The minimum absolute atomic E-state index is 0.0583. The van der Waals surface area contributed by atoms with Crippen LogP contribution in [0.25, 0.3) is 6.08 Å². The number of rotatable bonds is 3. The molecule has 0 atom stereocenters. The van der Waals surface area contributed by atoms with Crippen molar-refractivity contribution in [2.45, 2.75) is 45.3 Å². The number of ether oxygens (including phenoxy) is 1. The molecule has 0 unspecified atom stereocenters. The van der Waals surface area contributed by atoms with Crippen molar-refractivity contribution in [1.82, 2.24) is 0 Å². The maximum atomic E-state index is 14.4. The molecule has 2 rings (SSSR count). The van der Waals surface area contributed by atoms with Gasteiger partial charge in [-0.25, -0.2) is 4.39 Å². The number of alkyl halides is 3. The smallest absolute Gasteiger partial charge is 0.405 e. The van der Waals surface area contributed by atoms with Gasteiger partial charge in [0.05, 0.1) is 11.2 Å². The summed E-state index contributed by atoms with van der Waals surface area (Å²) in [4.78, 5) is 0. The fraction of sp³-hybridized carbons (Fsp3) is 0.467. The first kappa shape index (κ1) is 17.8. The van der Waals surface area contributed by atoms with Gasteiger partial charge in [-0.15, -0.1) is 13.2 Å². The minimum Gasteiger partial charge on any atom is -0.405 e. The lowest BCUT2D eigenvalue weighted by Crippen LogP contribution is -2.41. The molecule has 1 aromatic rings. The summed E-state index contributed by atoms with van der Waals surface area (Å²) in [6.07, 6.45) is -3.94. The van der Waals surface area contributed by atoms with Gasteiger partial charge in [-0.1, -0.05) is 18.2 Å². The Morgan fingerprint density at radius 3 is 2.13 bits per heavy atom. The van der Waals surface area contributed by atoms with Crippen LogP contribution in [0.2, 0.25) is 0 Å². The maximum absolute atomic E-state index is 14.4. The topological polar surface area (TPSA) is 27.7 Å². The van der Waals surface area contributed by atoms with Crippen LogP contribution in [0.15, 0.2) is 30.0 Å². The lowest BCUT2D eigenvalue weighted by molar-refractivity contribution is -0.274. The predicted octanol–water partition coefficient (Wildman–Crippen LogP) is 4.53. The average molecular weight is 332 g/mol. The second kappa shape index (κ2) is 5.83. The molecule has 0 aromatic heterocycles.